The molecule has 0 aliphatic rings. The Bertz CT molecular complexity index is 294. The van der Waals surface area contributed by atoms with Crippen LogP contribution < -0.4 is 4.74 Å². The molecule has 0 amide bonds. The minimum atomic E-state index is 0.243. The second-order valence-electron chi connectivity index (χ2n) is 4.09. The third kappa shape index (κ3) is 4.70. The molecule has 84 valence electrons. The molecule has 0 saturated carbocycles. The molecule has 1 aromatic rings. The van der Waals surface area contributed by atoms with Crippen molar-refractivity contribution in [3.63, 3.8) is 0 Å². The molecule has 0 saturated heterocycles. The monoisotopic (exact) mass is 270 g/mol. The lowest BCUT2D eigenvalue weighted by Crippen LogP contribution is -2.07. The fourth-order valence-corrected chi connectivity index (χ4v) is 1.66. The van der Waals surface area contributed by atoms with E-state index in [2.05, 4.69) is 48.8 Å². The molecule has 0 aromatic heterocycles. The maximum atomic E-state index is 5.76. The second-order valence-corrected chi connectivity index (χ2v) is 5.66. The fourth-order valence-electron chi connectivity index (χ4n) is 1.43. The van der Waals surface area contributed by atoms with Crippen molar-refractivity contribution in [2.24, 2.45) is 0 Å². The number of aryl methyl sites for hydroxylation is 1. The first-order valence-corrected chi connectivity index (χ1v) is 6.39. The van der Waals surface area contributed by atoms with Gasteiger partial charge in [-0.25, -0.2) is 0 Å². The molecule has 1 atom stereocenters. The van der Waals surface area contributed by atoms with Gasteiger partial charge in [-0.3, -0.25) is 0 Å². The highest BCUT2D eigenvalue weighted by Crippen LogP contribution is 2.22. The molecule has 1 rings (SSSR count). The number of ether oxygens (including phenoxy) is 1. The van der Waals surface area contributed by atoms with Crippen molar-refractivity contribution >= 4 is 15.9 Å². The van der Waals surface area contributed by atoms with E-state index in [1.165, 1.54) is 5.56 Å². The molecule has 2 heteroatoms. The van der Waals surface area contributed by atoms with E-state index in [4.69, 9.17) is 4.74 Å². The predicted octanol–water partition coefficient (Wildman–Crippen LogP) is 4.19. The molecule has 0 bridgehead atoms. The summed E-state index contributed by atoms with van der Waals surface area (Å²) in [4.78, 5) is 0.560. The molecule has 15 heavy (non-hydrogen) atoms. The Hall–Kier alpha value is -0.500. The summed E-state index contributed by atoms with van der Waals surface area (Å²) >= 11 is 3.57. The van der Waals surface area contributed by atoms with Gasteiger partial charge >= 0.3 is 0 Å². The molecular formula is C13H19BrO. The van der Waals surface area contributed by atoms with Gasteiger partial charge < -0.3 is 4.74 Å². The number of hydrogen-bond donors (Lipinski definition) is 0. The van der Waals surface area contributed by atoms with Gasteiger partial charge in [-0.2, -0.15) is 0 Å². The maximum Gasteiger partial charge on any atom is 0.122 e. The van der Waals surface area contributed by atoms with Crippen LogP contribution in [0.3, 0.4) is 0 Å². The molecule has 0 N–H and O–H groups in total. The van der Waals surface area contributed by atoms with Gasteiger partial charge in [-0.1, -0.05) is 41.1 Å². The van der Waals surface area contributed by atoms with Crippen LogP contribution in [0.2, 0.25) is 0 Å². The van der Waals surface area contributed by atoms with Gasteiger partial charge in [-0.15, -0.1) is 0 Å². The Morgan fingerprint density at radius 2 is 1.87 bits per heavy atom. The Morgan fingerprint density at radius 1 is 1.20 bits per heavy atom. The average molecular weight is 271 g/mol. The average Bonchev–Trinajstić information content (AvgIpc) is 2.15. The number of para-hydroxylation sites is 1. The maximum absolute atomic E-state index is 5.76. The van der Waals surface area contributed by atoms with Crippen LogP contribution in [0.5, 0.6) is 5.75 Å². The number of rotatable bonds is 5. The van der Waals surface area contributed by atoms with E-state index in [9.17, 15) is 0 Å². The first-order chi connectivity index (χ1) is 7.09. The van der Waals surface area contributed by atoms with Crippen molar-refractivity contribution in [3.8, 4) is 5.75 Å². The zero-order valence-electron chi connectivity index (χ0n) is 9.66. The van der Waals surface area contributed by atoms with E-state index in [0.717, 1.165) is 18.6 Å². The van der Waals surface area contributed by atoms with Gasteiger partial charge in [0.05, 0.1) is 6.10 Å². The van der Waals surface area contributed by atoms with Crippen molar-refractivity contribution < 1.29 is 4.74 Å². The lowest BCUT2D eigenvalue weighted by molar-refractivity contribution is 0.240. The lowest BCUT2D eigenvalue weighted by Gasteiger charge is -2.14. The molecule has 1 nitrogen and oxygen atoms in total. The van der Waals surface area contributed by atoms with Crippen LogP contribution in [0.25, 0.3) is 0 Å². The molecule has 0 spiro atoms. The van der Waals surface area contributed by atoms with Gasteiger partial charge in [-0.05, 0) is 38.3 Å². The van der Waals surface area contributed by atoms with Gasteiger partial charge in [0.25, 0.3) is 0 Å². The normalized spacial score (nSPS) is 12.9. The van der Waals surface area contributed by atoms with Gasteiger partial charge in [0.2, 0.25) is 0 Å². The second kappa shape index (κ2) is 6.16. The largest absolute Gasteiger partial charge is 0.491 e. The van der Waals surface area contributed by atoms with Gasteiger partial charge in [0, 0.05) is 4.83 Å². The molecule has 1 unspecified atom stereocenters. The van der Waals surface area contributed by atoms with Crippen LogP contribution in [0, 0.1) is 0 Å². The Labute approximate surface area is 101 Å². The molecule has 1 aromatic carbocycles. The van der Waals surface area contributed by atoms with Crippen molar-refractivity contribution in [1.29, 1.82) is 0 Å². The summed E-state index contributed by atoms with van der Waals surface area (Å²) in [5.74, 6) is 1.03. The van der Waals surface area contributed by atoms with Crippen molar-refractivity contribution in [3.05, 3.63) is 29.8 Å². The van der Waals surface area contributed by atoms with Crippen LogP contribution >= 0.6 is 15.9 Å². The third-order valence-corrected chi connectivity index (χ3v) is 2.60. The summed E-state index contributed by atoms with van der Waals surface area (Å²) in [6.45, 7) is 6.29. The fraction of sp³-hybridized carbons (Fsp3) is 0.538. The quantitative estimate of drug-likeness (QED) is 0.730. The summed E-state index contributed by atoms with van der Waals surface area (Å²) in [6, 6.07) is 8.29. The Balaban J connectivity index is 2.68. The topological polar surface area (TPSA) is 9.23 Å². The highest BCUT2D eigenvalue weighted by Gasteiger charge is 2.05. The number of halogens is 1. The summed E-state index contributed by atoms with van der Waals surface area (Å²) in [6.07, 6.45) is 2.45. The molecule has 0 aliphatic carbocycles. The first kappa shape index (κ1) is 12.6. The molecule has 0 aliphatic heterocycles. The predicted molar refractivity (Wildman–Crippen MR) is 68.9 cm³/mol. The van der Waals surface area contributed by atoms with Crippen LogP contribution in [0.4, 0.5) is 0 Å². The lowest BCUT2D eigenvalue weighted by atomic mass is 10.1. The van der Waals surface area contributed by atoms with Crippen molar-refractivity contribution in [2.45, 2.75) is 44.5 Å². The zero-order chi connectivity index (χ0) is 11.3. The summed E-state index contributed by atoms with van der Waals surface area (Å²) in [7, 11) is 0. The number of hydrogen-bond acceptors (Lipinski definition) is 1. The van der Waals surface area contributed by atoms with Crippen LogP contribution in [-0.4, -0.2) is 10.9 Å². The summed E-state index contributed by atoms with van der Waals surface area (Å²) in [5, 5.41) is 0. The van der Waals surface area contributed by atoms with Crippen LogP contribution in [0.15, 0.2) is 24.3 Å². The van der Waals surface area contributed by atoms with E-state index >= 15 is 0 Å². The molecule has 0 fully saturated rings. The molecular weight excluding hydrogens is 252 g/mol. The Kier molecular flexibility index (Phi) is 5.16. The SMILES string of the molecule is CC(Br)CCc1ccccc1OC(C)C. The van der Waals surface area contributed by atoms with Crippen LogP contribution in [-0.2, 0) is 6.42 Å². The smallest absolute Gasteiger partial charge is 0.122 e. The van der Waals surface area contributed by atoms with E-state index in [-0.39, 0.29) is 6.10 Å². The van der Waals surface area contributed by atoms with E-state index < -0.39 is 0 Å². The zero-order valence-corrected chi connectivity index (χ0v) is 11.3. The first-order valence-electron chi connectivity index (χ1n) is 5.48. The third-order valence-electron chi connectivity index (χ3n) is 2.15. The molecule has 0 radical (unpaired) electrons. The summed E-state index contributed by atoms with van der Waals surface area (Å²) in [5.41, 5.74) is 1.30. The van der Waals surface area contributed by atoms with Gasteiger partial charge in [0.15, 0.2) is 0 Å². The molecule has 0 heterocycles. The van der Waals surface area contributed by atoms with Crippen molar-refractivity contribution in [2.75, 3.05) is 0 Å². The highest BCUT2D eigenvalue weighted by molar-refractivity contribution is 9.09. The summed E-state index contributed by atoms with van der Waals surface area (Å²) < 4.78 is 5.76. The minimum Gasteiger partial charge on any atom is -0.491 e. The Morgan fingerprint density at radius 3 is 2.47 bits per heavy atom. The minimum absolute atomic E-state index is 0.243. The van der Waals surface area contributed by atoms with Crippen molar-refractivity contribution in [1.82, 2.24) is 0 Å². The number of alkyl halides is 1. The highest BCUT2D eigenvalue weighted by atomic mass is 79.9. The van der Waals surface area contributed by atoms with Crippen LogP contribution in [0.1, 0.15) is 32.8 Å². The van der Waals surface area contributed by atoms with E-state index in [0.29, 0.717) is 4.83 Å². The number of benzene rings is 1. The van der Waals surface area contributed by atoms with E-state index in [1.54, 1.807) is 0 Å². The standard InChI is InChI=1S/C13H19BrO/c1-10(2)15-13-7-5-4-6-12(13)9-8-11(3)14/h4-7,10-11H,8-9H2,1-3H3. The van der Waals surface area contributed by atoms with E-state index in [1.807, 2.05) is 12.1 Å². The van der Waals surface area contributed by atoms with Gasteiger partial charge in [0.1, 0.15) is 5.75 Å².